The van der Waals surface area contributed by atoms with Gasteiger partial charge in [-0.05, 0) is 76.8 Å². The van der Waals surface area contributed by atoms with Gasteiger partial charge in [-0.3, -0.25) is 19.6 Å². The molecule has 11 nitrogen and oxygen atoms in total. The van der Waals surface area contributed by atoms with Gasteiger partial charge in [0, 0.05) is 50.5 Å². The van der Waals surface area contributed by atoms with Crippen LogP contribution < -0.4 is 22.5 Å². The Hall–Kier alpha value is -3.28. The van der Waals surface area contributed by atoms with Crippen molar-refractivity contribution in [1.82, 2.24) is 24.3 Å². The Morgan fingerprint density at radius 1 is 1.10 bits per heavy atom. The molecule has 1 aromatic heterocycles. The third-order valence-corrected chi connectivity index (χ3v) is 8.04. The summed E-state index contributed by atoms with van der Waals surface area (Å²) in [5.74, 6) is 0.0437. The number of piperazine rings is 1. The van der Waals surface area contributed by atoms with E-state index in [1.807, 2.05) is 12.1 Å². The first-order valence-corrected chi connectivity index (χ1v) is 14.3. The van der Waals surface area contributed by atoms with Gasteiger partial charge < -0.3 is 21.3 Å². The number of hydrogen-bond donors (Lipinski definition) is 3. The third kappa shape index (κ3) is 7.07. The number of nitrogens with zero attached hydrogens (tertiary/aromatic N) is 5. The molecule has 0 radical (unpaired) electrons. The second-order valence-corrected chi connectivity index (χ2v) is 11.7. The second-order valence-electron chi connectivity index (χ2n) is 11.7. The van der Waals surface area contributed by atoms with E-state index in [-0.39, 0.29) is 17.8 Å². The molecule has 1 aromatic carbocycles. The summed E-state index contributed by atoms with van der Waals surface area (Å²) in [7, 11) is 0. The Balaban J connectivity index is 1.33. The van der Waals surface area contributed by atoms with Gasteiger partial charge in [0.15, 0.2) is 0 Å². The normalized spacial score (nSPS) is 20.6. The molecule has 2 aliphatic rings. The fourth-order valence-electron chi connectivity index (χ4n) is 5.85. The highest BCUT2D eigenvalue weighted by molar-refractivity contribution is 5.89. The van der Waals surface area contributed by atoms with Crippen LogP contribution in [-0.2, 0) is 11.2 Å². The monoisotopic (exact) mass is 552 g/mol. The molecular weight excluding hydrogens is 508 g/mol. The number of rotatable bonds is 8. The second kappa shape index (κ2) is 12.5. The first-order chi connectivity index (χ1) is 19.0. The van der Waals surface area contributed by atoms with Gasteiger partial charge in [-0.15, -0.1) is 0 Å². The molecular formula is C29H44N8O3. The quantitative estimate of drug-likeness (QED) is 0.453. The van der Waals surface area contributed by atoms with Gasteiger partial charge >= 0.3 is 11.7 Å². The maximum absolute atomic E-state index is 12.8. The van der Waals surface area contributed by atoms with Gasteiger partial charge in [-0.25, -0.2) is 9.59 Å². The molecule has 3 amide bonds. The van der Waals surface area contributed by atoms with Crippen LogP contribution in [0.2, 0.25) is 0 Å². The third-order valence-electron chi connectivity index (χ3n) is 8.04. The molecule has 1 saturated heterocycles. The van der Waals surface area contributed by atoms with Crippen molar-refractivity contribution in [1.29, 1.82) is 0 Å². The van der Waals surface area contributed by atoms with E-state index in [0.717, 1.165) is 32.2 Å². The van der Waals surface area contributed by atoms with Crippen molar-refractivity contribution in [3.63, 3.8) is 0 Å². The topological polar surface area (TPSA) is 143 Å². The predicted octanol–water partition coefficient (Wildman–Crippen LogP) is 1.78. The van der Waals surface area contributed by atoms with Crippen LogP contribution in [0.4, 0.5) is 10.6 Å². The van der Waals surface area contributed by atoms with E-state index < -0.39 is 11.2 Å². The average molecular weight is 553 g/mol. The molecule has 2 unspecified atom stereocenters. The van der Waals surface area contributed by atoms with Crippen molar-refractivity contribution < 1.29 is 9.59 Å². The largest absolute Gasteiger partial charge is 0.354 e. The van der Waals surface area contributed by atoms with Crippen molar-refractivity contribution in [2.24, 2.45) is 11.5 Å². The summed E-state index contributed by atoms with van der Waals surface area (Å²) in [5, 5.41) is 2.70. The molecule has 1 aliphatic heterocycles. The number of anilines is 1. The number of hydrogen-bond acceptors (Lipinski definition) is 7. The Kier molecular flexibility index (Phi) is 9.27. The van der Waals surface area contributed by atoms with E-state index in [4.69, 9.17) is 11.5 Å². The minimum atomic E-state index is -0.947. The standard InChI is InChI=1S/C29H44N8O3/c1-5-36(24-11-8-22(30)19-24)20(2)18-21-6-9-23(10-7-21)37-13-12-25(33-28(37)40)32-27(39)35-16-14-34(15-17-35)26(38)29(3,4)31/h6-7,9-10,12-13,20,22,24H,5,8,11,14-19,30-31H2,1-4H3,(H,32,33,39,40)/t20?,22-,24?/m1/s1. The molecule has 1 saturated carbocycles. The fourth-order valence-corrected chi connectivity index (χ4v) is 5.85. The smallest absolute Gasteiger partial charge is 0.338 e. The van der Waals surface area contributed by atoms with Gasteiger partial charge in [-0.1, -0.05) is 19.1 Å². The number of likely N-dealkylation sites (N-methyl/N-ethyl adjacent to an activating group) is 1. The molecule has 1 aliphatic carbocycles. The summed E-state index contributed by atoms with van der Waals surface area (Å²) in [4.78, 5) is 47.8. The zero-order chi connectivity index (χ0) is 29.0. The number of carbonyl (C=O) groups is 2. The lowest BCUT2D eigenvalue weighted by Gasteiger charge is -2.37. The molecule has 0 bridgehead atoms. The number of benzene rings is 1. The van der Waals surface area contributed by atoms with Gasteiger partial charge in [0.05, 0.1) is 11.2 Å². The Labute approximate surface area is 236 Å². The zero-order valence-corrected chi connectivity index (χ0v) is 24.2. The average Bonchev–Trinajstić information content (AvgIpc) is 3.34. The number of aromatic nitrogens is 2. The van der Waals surface area contributed by atoms with Gasteiger partial charge in [0.1, 0.15) is 5.82 Å². The van der Waals surface area contributed by atoms with Crippen molar-refractivity contribution in [3.8, 4) is 5.69 Å². The van der Waals surface area contributed by atoms with Crippen LogP contribution >= 0.6 is 0 Å². The number of amides is 3. The zero-order valence-electron chi connectivity index (χ0n) is 24.2. The summed E-state index contributed by atoms with van der Waals surface area (Å²) in [6, 6.07) is 10.5. The van der Waals surface area contributed by atoms with Gasteiger partial charge in [0.25, 0.3) is 0 Å². The van der Waals surface area contributed by atoms with Gasteiger partial charge in [-0.2, -0.15) is 4.98 Å². The summed E-state index contributed by atoms with van der Waals surface area (Å²) in [6.45, 7) is 10.4. The van der Waals surface area contributed by atoms with Crippen LogP contribution in [0.25, 0.3) is 5.69 Å². The Bertz CT molecular complexity index is 1230. The lowest BCUT2D eigenvalue weighted by molar-refractivity contribution is -0.137. The van der Waals surface area contributed by atoms with Crippen molar-refractivity contribution in [2.75, 3.05) is 38.0 Å². The molecule has 4 rings (SSSR count). The minimum Gasteiger partial charge on any atom is -0.338 e. The molecule has 5 N–H and O–H groups in total. The molecule has 218 valence electrons. The Morgan fingerprint density at radius 3 is 2.30 bits per heavy atom. The number of nitrogens with two attached hydrogens (primary N) is 2. The number of carbonyl (C=O) groups excluding carboxylic acids is 2. The van der Waals surface area contributed by atoms with Crippen molar-refractivity contribution >= 4 is 17.8 Å². The molecule has 2 aromatic rings. The van der Waals surface area contributed by atoms with E-state index in [2.05, 4.69) is 41.2 Å². The lowest BCUT2D eigenvalue weighted by atomic mass is 10.0. The van der Waals surface area contributed by atoms with E-state index in [1.54, 1.807) is 35.9 Å². The summed E-state index contributed by atoms with van der Waals surface area (Å²) < 4.78 is 1.46. The maximum Gasteiger partial charge on any atom is 0.354 e. The van der Waals surface area contributed by atoms with Gasteiger partial charge in [0.2, 0.25) is 5.91 Å². The predicted molar refractivity (Wildman–Crippen MR) is 156 cm³/mol. The summed E-state index contributed by atoms with van der Waals surface area (Å²) in [5.41, 5.74) is 12.6. The number of nitrogens with one attached hydrogen (secondary N) is 1. The van der Waals surface area contributed by atoms with Crippen LogP contribution in [0.3, 0.4) is 0 Å². The van der Waals surface area contributed by atoms with Crippen LogP contribution in [0, 0.1) is 0 Å². The van der Waals surface area contributed by atoms with Crippen molar-refractivity contribution in [2.45, 2.75) is 77.0 Å². The lowest BCUT2D eigenvalue weighted by Crippen LogP contribution is -2.58. The van der Waals surface area contributed by atoms with Crippen LogP contribution in [0.15, 0.2) is 41.3 Å². The van der Waals surface area contributed by atoms with E-state index in [1.165, 1.54) is 10.1 Å². The summed E-state index contributed by atoms with van der Waals surface area (Å²) in [6.07, 6.45) is 5.86. The molecule has 40 heavy (non-hydrogen) atoms. The first kappa shape index (κ1) is 29.7. The first-order valence-electron chi connectivity index (χ1n) is 14.3. The maximum atomic E-state index is 12.8. The van der Waals surface area contributed by atoms with E-state index in [0.29, 0.717) is 50.0 Å². The minimum absolute atomic E-state index is 0.141. The highest BCUT2D eigenvalue weighted by Crippen LogP contribution is 2.25. The molecule has 11 heteroatoms. The Morgan fingerprint density at radius 2 is 1.75 bits per heavy atom. The highest BCUT2D eigenvalue weighted by Gasteiger charge is 2.32. The highest BCUT2D eigenvalue weighted by atomic mass is 16.2. The van der Waals surface area contributed by atoms with E-state index in [9.17, 15) is 14.4 Å². The van der Waals surface area contributed by atoms with Crippen molar-refractivity contribution in [3.05, 3.63) is 52.6 Å². The van der Waals surface area contributed by atoms with E-state index >= 15 is 0 Å². The molecule has 2 fully saturated rings. The van der Waals surface area contributed by atoms with Crippen LogP contribution in [0.1, 0.15) is 52.5 Å². The SMILES string of the molecule is CCN(C(C)Cc1ccc(-n2ccc(NC(=O)N3CCN(C(=O)C(C)(C)N)CC3)nc2=O)cc1)C1CC[C@@H](N)C1. The molecule has 2 heterocycles. The molecule has 0 spiro atoms. The van der Waals surface area contributed by atoms with Crippen LogP contribution in [0.5, 0.6) is 0 Å². The summed E-state index contributed by atoms with van der Waals surface area (Å²) >= 11 is 0. The molecule has 3 atom stereocenters. The number of urea groups is 1. The fraction of sp³-hybridized carbons (Fsp3) is 0.586. The van der Waals surface area contributed by atoms with Crippen LogP contribution in [-0.4, -0.2) is 92.6 Å².